The molecule has 2 unspecified atom stereocenters. The maximum absolute atomic E-state index is 12.3. The highest BCUT2D eigenvalue weighted by Gasteiger charge is 2.19. The van der Waals surface area contributed by atoms with Crippen molar-refractivity contribution in [3.8, 4) is 0 Å². The average Bonchev–Trinajstić information content (AvgIpc) is 2.92. The van der Waals surface area contributed by atoms with E-state index in [1.807, 2.05) is 0 Å². The first-order valence-corrected chi connectivity index (χ1v) is 16.9. The fraction of sp³-hybridized carbons (Fsp3) is 0.912. The minimum Gasteiger partial charge on any atom is -0.394 e. The third-order valence-corrected chi connectivity index (χ3v) is 7.78. The molecule has 0 heterocycles. The van der Waals surface area contributed by atoms with E-state index in [1.54, 1.807) is 0 Å². The molecule has 0 saturated carbocycles. The number of hydrogen-bond donors (Lipinski definition) is 3. The highest BCUT2D eigenvalue weighted by atomic mass is 16.3. The van der Waals surface area contributed by atoms with E-state index in [2.05, 4.69) is 31.3 Å². The Morgan fingerprint density at radius 3 is 1.45 bits per heavy atom. The van der Waals surface area contributed by atoms with Gasteiger partial charge in [-0.2, -0.15) is 0 Å². The van der Waals surface area contributed by atoms with Gasteiger partial charge in [0.25, 0.3) is 0 Å². The van der Waals surface area contributed by atoms with Crippen LogP contribution in [0.15, 0.2) is 12.2 Å². The summed E-state index contributed by atoms with van der Waals surface area (Å²) in [5.74, 6) is -0.0420. The molecule has 0 fully saturated rings. The van der Waals surface area contributed by atoms with Gasteiger partial charge in [0.15, 0.2) is 0 Å². The topological polar surface area (TPSA) is 69.6 Å². The number of amides is 1. The number of allylic oxidation sites excluding steroid dienone is 2. The summed E-state index contributed by atoms with van der Waals surface area (Å²) in [6, 6.07) is -0.534. The zero-order valence-electron chi connectivity index (χ0n) is 25.7. The molecule has 0 aliphatic rings. The number of hydrogen-bond acceptors (Lipinski definition) is 3. The fourth-order valence-corrected chi connectivity index (χ4v) is 5.12. The molecule has 0 radical (unpaired) electrons. The van der Waals surface area contributed by atoms with Gasteiger partial charge < -0.3 is 15.5 Å². The number of carbonyl (C=O) groups is 1. The number of rotatable bonds is 30. The van der Waals surface area contributed by atoms with E-state index >= 15 is 0 Å². The third-order valence-electron chi connectivity index (χ3n) is 7.78. The first-order valence-electron chi connectivity index (χ1n) is 16.9. The second-order valence-electron chi connectivity index (χ2n) is 11.6. The van der Waals surface area contributed by atoms with Crippen LogP contribution in [0.3, 0.4) is 0 Å². The van der Waals surface area contributed by atoms with Gasteiger partial charge in [-0.1, -0.05) is 148 Å². The van der Waals surface area contributed by atoms with Crippen LogP contribution in [0.25, 0.3) is 0 Å². The Balaban J connectivity index is 3.59. The molecular formula is C34H67NO3. The summed E-state index contributed by atoms with van der Waals surface area (Å²) < 4.78 is 0. The van der Waals surface area contributed by atoms with Gasteiger partial charge in [-0.05, 0) is 38.5 Å². The lowest BCUT2D eigenvalue weighted by Gasteiger charge is -2.22. The second-order valence-corrected chi connectivity index (χ2v) is 11.6. The average molecular weight is 538 g/mol. The molecule has 0 spiro atoms. The van der Waals surface area contributed by atoms with Crippen LogP contribution in [0.4, 0.5) is 0 Å². The van der Waals surface area contributed by atoms with Crippen molar-refractivity contribution in [2.45, 2.75) is 193 Å². The van der Waals surface area contributed by atoms with E-state index in [9.17, 15) is 15.0 Å². The highest BCUT2D eigenvalue weighted by Crippen LogP contribution is 2.14. The lowest BCUT2D eigenvalue weighted by Crippen LogP contribution is -2.45. The molecule has 0 saturated heterocycles. The summed E-state index contributed by atoms with van der Waals surface area (Å²) >= 11 is 0. The lowest BCUT2D eigenvalue weighted by molar-refractivity contribution is -0.123. The molecule has 0 aromatic heterocycles. The van der Waals surface area contributed by atoms with Crippen LogP contribution in [-0.2, 0) is 4.79 Å². The minimum absolute atomic E-state index is 0.0420. The molecule has 226 valence electrons. The molecular weight excluding hydrogens is 470 g/mol. The van der Waals surface area contributed by atoms with Gasteiger partial charge in [-0.3, -0.25) is 4.79 Å². The predicted molar refractivity (Wildman–Crippen MR) is 166 cm³/mol. The second kappa shape index (κ2) is 30.7. The Morgan fingerprint density at radius 2 is 1.00 bits per heavy atom. The third kappa shape index (κ3) is 26.7. The van der Waals surface area contributed by atoms with Crippen molar-refractivity contribution in [1.82, 2.24) is 5.32 Å². The molecule has 3 N–H and O–H groups in total. The number of unbranched alkanes of at least 4 members (excludes halogenated alkanes) is 21. The van der Waals surface area contributed by atoms with E-state index in [-0.39, 0.29) is 12.5 Å². The lowest BCUT2D eigenvalue weighted by atomic mass is 10.0. The standard InChI is InChI=1S/C34H67NO3/c1-3-5-7-9-11-13-15-17-18-20-22-24-26-28-30-34(38)35-32(31-36)33(37)29-27-25-23-21-19-16-14-12-10-8-6-4-2/h15,17,32-33,36-37H,3-14,16,18-31H2,1-2H3,(H,35,38)/b17-15-. The molecule has 0 aromatic rings. The Labute approximate surface area is 237 Å². The van der Waals surface area contributed by atoms with Crippen LogP contribution in [-0.4, -0.2) is 34.9 Å². The Morgan fingerprint density at radius 1 is 0.605 bits per heavy atom. The van der Waals surface area contributed by atoms with Crippen molar-refractivity contribution in [3.05, 3.63) is 12.2 Å². The predicted octanol–water partition coefficient (Wildman–Crippen LogP) is 9.56. The minimum atomic E-state index is -0.656. The van der Waals surface area contributed by atoms with Crippen molar-refractivity contribution < 1.29 is 15.0 Å². The zero-order chi connectivity index (χ0) is 27.9. The van der Waals surface area contributed by atoms with Crippen LogP contribution >= 0.6 is 0 Å². The van der Waals surface area contributed by atoms with Crippen molar-refractivity contribution in [2.24, 2.45) is 0 Å². The van der Waals surface area contributed by atoms with Gasteiger partial charge in [0.1, 0.15) is 0 Å². The van der Waals surface area contributed by atoms with Gasteiger partial charge in [-0.15, -0.1) is 0 Å². The largest absolute Gasteiger partial charge is 0.394 e. The molecule has 4 heteroatoms. The Bertz CT molecular complexity index is 508. The van der Waals surface area contributed by atoms with E-state index in [0.29, 0.717) is 12.8 Å². The fourth-order valence-electron chi connectivity index (χ4n) is 5.12. The molecule has 2 atom stereocenters. The van der Waals surface area contributed by atoms with Gasteiger partial charge in [0.05, 0.1) is 18.8 Å². The summed E-state index contributed by atoms with van der Waals surface area (Å²) in [6.45, 7) is 4.32. The van der Waals surface area contributed by atoms with E-state index in [0.717, 1.165) is 25.7 Å². The number of aliphatic hydroxyl groups is 2. The van der Waals surface area contributed by atoms with Crippen molar-refractivity contribution in [3.63, 3.8) is 0 Å². The van der Waals surface area contributed by atoms with Gasteiger partial charge in [0.2, 0.25) is 5.91 Å². The molecule has 0 aliphatic carbocycles. The quantitative estimate of drug-likeness (QED) is 0.0631. The first-order chi connectivity index (χ1) is 18.7. The summed E-state index contributed by atoms with van der Waals surface area (Å²) in [5.41, 5.74) is 0. The molecule has 4 nitrogen and oxygen atoms in total. The molecule has 0 aromatic carbocycles. The molecule has 0 rings (SSSR count). The van der Waals surface area contributed by atoms with Crippen molar-refractivity contribution in [2.75, 3.05) is 6.61 Å². The van der Waals surface area contributed by atoms with E-state index < -0.39 is 12.1 Å². The monoisotopic (exact) mass is 538 g/mol. The van der Waals surface area contributed by atoms with Gasteiger partial charge in [0, 0.05) is 6.42 Å². The first kappa shape index (κ1) is 37.1. The SMILES string of the molecule is CCCCCCC/C=C\CCCCCCCC(=O)NC(CO)C(O)CCCCCCCCCCCCCC. The zero-order valence-corrected chi connectivity index (χ0v) is 25.7. The van der Waals surface area contributed by atoms with Crippen LogP contribution in [0.1, 0.15) is 181 Å². The van der Waals surface area contributed by atoms with E-state index in [4.69, 9.17) is 0 Å². The van der Waals surface area contributed by atoms with Gasteiger partial charge in [-0.25, -0.2) is 0 Å². The molecule has 38 heavy (non-hydrogen) atoms. The van der Waals surface area contributed by atoms with Crippen LogP contribution < -0.4 is 5.32 Å². The maximum atomic E-state index is 12.3. The number of aliphatic hydroxyl groups excluding tert-OH is 2. The molecule has 1 amide bonds. The van der Waals surface area contributed by atoms with Crippen LogP contribution in [0.2, 0.25) is 0 Å². The number of nitrogens with one attached hydrogen (secondary N) is 1. The smallest absolute Gasteiger partial charge is 0.220 e. The summed E-state index contributed by atoms with van der Waals surface area (Å²) in [6.07, 6.45) is 35.4. The highest BCUT2D eigenvalue weighted by molar-refractivity contribution is 5.76. The summed E-state index contributed by atoms with van der Waals surface area (Å²) in [5, 5.41) is 22.9. The Hall–Kier alpha value is -0.870. The van der Waals surface area contributed by atoms with Crippen LogP contribution in [0, 0.1) is 0 Å². The van der Waals surface area contributed by atoms with E-state index in [1.165, 1.54) is 128 Å². The molecule has 0 bridgehead atoms. The number of carbonyl (C=O) groups excluding carboxylic acids is 1. The van der Waals surface area contributed by atoms with Crippen molar-refractivity contribution in [1.29, 1.82) is 0 Å². The normalized spacial score (nSPS) is 13.3. The summed E-state index contributed by atoms with van der Waals surface area (Å²) in [4.78, 5) is 12.3. The summed E-state index contributed by atoms with van der Waals surface area (Å²) in [7, 11) is 0. The van der Waals surface area contributed by atoms with Crippen LogP contribution in [0.5, 0.6) is 0 Å². The Kier molecular flexibility index (Phi) is 30.0. The van der Waals surface area contributed by atoms with Crippen molar-refractivity contribution >= 4 is 5.91 Å². The maximum Gasteiger partial charge on any atom is 0.220 e. The van der Waals surface area contributed by atoms with Gasteiger partial charge >= 0.3 is 0 Å². The molecule has 0 aliphatic heterocycles.